The number of methoxy groups -OCH3 is 1. The van der Waals surface area contributed by atoms with Gasteiger partial charge < -0.3 is 14.2 Å². The molecule has 0 aliphatic carbocycles. The predicted molar refractivity (Wildman–Crippen MR) is 120 cm³/mol. The lowest BCUT2D eigenvalue weighted by atomic mass is 10.0. The molecule has 0 unspecified atom stereocenters. The average molecular weight is 413 g/mol. The molecule has 3 aromatic rings. The molecule has 5 heteroatoms. The Kier molecular flexibility index (Phi) is 7.45. The van der Waals surface area contributed by atoms with Crippen molar-refractivity contribution in [3.05, 3.63) is 89.5 Å². The van der Waals surface area contributed by atoms with E-state index in [4.69, 9.17) is 14.2 Å². The van der Waals surface area contributed by atoms with Crippen molar-refractivity contribution in [1.29, 1.82) is 5.26 Å². The van der Waals surface area contributed by atoms with Crippen LogP contribution in [0.4, 0.5) is 0 Å². The molecule has 5 nitrogen and oxygen atoms in total. The first-order valence-electron chi connectivity index (χ1n) is 9.90. The van der Waals surface area contributed by atoms with Gasteiger partial charge in [-0.15, -0.1) is 0 Å². The van der Waals surface area contributed by atoms with E-state index < -0.39 is 0 Å². The molecule has 0 spiro atoms. The number of hydrogen-bond donors (Lipinski definition) is 0. The number of rotatable bonds is 8. The lowest BCUT2D eigenvalue weighted by Gasteiger charge is -2.08. The van der Waals surface area contributed by atoms with Gasteiger partial charge in [-0.2, -0.15) is 5.26 Å². The van der Waals surface area contributed by atoms with Crippen LogP contribution in [0.5, 0.6) is 17.2 Å². The van der Waals surface area contributed by atoms with Crippen LogP contribution in [0, 0.1) is 11.3 Å². The highest BCUT2D eigenvalue weighted by Gasteiger charge is 2.09. The smallest absolute Gasteiger partial charge is 0.315 e. The molecule has 0 bridgehead atoms. The number of benzene rings is 3. The van der Waals surface area contributed by atoms with E-state index >= 15 is 0 Å². The Morgan fingerprint density at radius 3 is 2.29 bits per heavy atom. The molecule has 0 radical (unpaired) electrons. The van der Waals surface area contributed by atoms with Gasteiger partial charge in [-0.25, -0.2) is 0 Å². The van der Waals surface area contributed by atoms with E-state index in [1.165, 1.54) is 0 Å². The summed E-state index contributed by atoms with van der Waals surface area (Å²) in [6.07, 6.45) is 1.93. The van der Waals surface area contributed by atoms with Crippen LogP contribution in [0.15, 0.2) is 72.8 Å². The predicted octanol–water partition coefficient (Wildman–Crippen LogP) is 5.31. The van der Waals surface area contributed by atoms with Crippen LogP contribution in [0.1, 0.15) is 23.6 Å². The second-order valence-corrected chi connectivity index (χ2v) is 6.67. The van der Waals surface area contributed by atoms with Gasteiger partial charge in [0, 0.05) is 5.56 Å². The summed E-state index contributed by atoms with van der Waals surface area (Å²) in [6, 6.07) is 24.0. The number of allylic oxidation sites excluding steroid dienone is 1. The van der Waals surface area contributed by atoms with Crippen molar-refractivity contribution in [1.82, 2.24) is 0 Å². The van der Waals surface area contributed by atoms with Crippen LogP contribution < -0.4 is 14.2 Å². The summed E-state index contributed by atoms with van der Waals surface area (Å²) < 4.78 is 16.2. The lowest BCUT2D eigenvalue weighted by Crippen LogP contribution is -2.11. The minimum atomic E-state index is -0.348. The largest absolute Gasteiger partial charge is 0.496 e. The van der Waals surface area contributed by atoms with Gasteiger partial charge in [0.05, 0.1) is 31.8 Å². The minimum absolute atomic E-state index is 0.167. The standard InChI is InChI=1S/C26H23NO4/c1-3-30-22-12-8-20(9-13-22)17-26(28)31-23-14-10-19(11-15-23)16-21(18-27)24-6-4-5-7-25(24)29-2/h4-16H,3,17H2,1-2H3/b21-16-. The average Bonchev–Trinajstić information content (AvgIpc) is 2.80. The van der Waals surface area contributed by atoms with Gasteiger partial charge in [-0.05, 0) is 60.5 Å². The van der Waals surface area contributed by atoms with Crippen LogP contribution in [0.2, 0.25) is 0 Å². The number of carbonyl (C=O) groups is 1. The van der Waals surface area contributed by atoms with Gasteiger partial charge in [0.1, 0.15) is 17.2 Å². The topological polar surface area (TPSA) is 68.5 Å². The Morgan fingerprint density at radius 1 is 0.968 bits per heavy atom. The summed E-state index contributed by atoms with van der Waals surface area (Å²) in [4.78, 5) is 12.2. The third-order valence-electron chi connectivity index (χ3n) is 4.52. The fourth-order valence-electron chi connectivity index (χ4n) is 3.04. The summed E-state index contributed by atoms with van der Waals surface area (Å²) >= 11 is 0. The van der Waals surface area contributed by atoms with Crippen molar-refractivity contribution < 1.29 is 19.0 Å². The van der Waals surface area contributed by atoms with Gasteiger partial charge in [0.25, 0.3) is 0 Å². The summed E-state index contributed by atoms with van der Waals surface area (Å²) in [5, 5.41) is 9.57. The molecule has 0 aliphatic heterocycles. The Hall–Kier alpha value is -4.04. The summed E-state index contributed by atoms with van der Waals surface area (Å²) in [7, 11) is 1.57. The van der Waals surface area contributed by atoms with Crippen molar-refractivity contribution >= 4 is 17.6 Å². The Morgan fingerprint density at radius 2 is 1.65 bits per heavy atom. The fraction of sp³-hybridized carbons (Fsp3) is 0.154. The quantitative estimate of drug-likeness (QED) is 0.217. The molecular weight excluding hydrogens is 390 g/mol. The summed E-state index contributed by atoms with van der Waals surface area (Å²) in [5.74, 6) is 1.51. The highest BCUT2D eigenvalue weighted by molar-refractivity contribution is 5.91. The Balaban J connectivity index is 1.66. The number of hydrogen-bond acceptors (Lipinski definition) is 5. The minimum Gasteiger partial charge on any atom is -0.496 e. The summed E-state index contributed by atoms with van der Waals surface area (Å²) in [6.45, 7) is 2.52. The zero-order chi connectivity index (χ0) is 22.1. The molecular formula is C26H23NO4. The van der Waals surface area contributed by atoms with E-state index in [9.17, 15) is 10.1 Å². The number of carbonyl (C=O) groups excluding carboxylic acids is 1. The lowest BCUT2D eigenvalue weighted by molar-refractivity contribution is -0.133. The number of nitriles is 1. The second kappa shape index (κ2) is 10.7. The van der Waals surface area contributed by atoms with E-state index in [2.05, 4.69) is 6.07 Å². The maximum Gasteiger partial charge on any atom is 0.315 e. The first-order chi connectivity index (χ1) is 15.1. The molecule has 0 aromatic heterocycles. The molecule has 0 amide bonds. The van der Waals surface area contributed by atoms with Crippen LogP contribution in [0.25, 0.3) is 11.6 Å². The second-order valence-electron chi connectivity index (χ2n) is 6.67. The van der Waals surface area contributed by atoms with Crippen LogP contribution >= 0.6 is 0 Å². The fourth-order valence-corrected chi connectivity index (χ4v) is 3.04. The van der Waals surface area contributed by atoms with Crippen LogP contribution in [-0.2, 0) is 11.2 Å². The number of ether oxygens (including phenoxy) is 3. The first-order valence-corrected chi connectivity index (χ1v) is 9.90. The van der Waals surface area contributed by atoms with E-state index in [1.807, 2.05) is 55.5 Å². The van der Waals surface area contributed by atoms with Crippen molar-refractivity contribution in [3.63, 3.8) is 0 Å². The molecule has 0 fully saturated rings. The van der Waals surface area contributed by atoms with E-state index in [0.717, 1.165) is 22.4 Å². The molecule has 0 N–H and O–H groups in total. The third-order valence-corrected chi connectivity index (χ3v) is 4.52. The van der Waals surface area contributed by atoms with E-state index in [-0.39, 0.29) is 12.4 Å². The highest BCUT2D eigenvalue weighted by Crippen LogP contribution is 2.27. The Bertz CT molecular complexity index is 1090. The molecule has 31 heavy (non-hydrogen) atoms. The molecule has 0 atom stereocenters. The van der Waals surface area contributed by atoms with Gasteiger partial charge >= 0.3 is 5.97 Å². The number of esters is 1. The van der Waals surface area contributed by atoms with Gasteiger partial charge in [0.15, 0.2) is 0 Å². The third kappa shape index (κ3) is 5.97. The first kappa shape index (κ1) is 21.7. The van der Waals surface area contributed by atoms with Gasteiger partial charge in [-0.1, -0.05) is 36.4 Å². The van der Waals surface area contributed by atoms with Gasteiger partial charge in [0.2, 0.25) is 0 Å². The normalized spacial score (nSPS) is 10.8. The molecule has 156 valence electrons. The van der Waals surface area contributed by atoms with Crippen molar-refractivity contribution in [3.8, 4) is 23.3 Å². The van der Waals surface area contributed by atoms with Crippen molar-refractivity contribution in [2.75, 3.05) is 13.7 Å². The molecule has 3 rings (SSSR count). The monoisotopic (exact) mass is 413 g/mol. The van der Waals surface area contributed by atoms with E-state index in [0.29, 0.717) is 23.7 Å². The van der Waals surface area contributed by atoms with Crippen molar-refractivity contribution in [2.24, 2.45) is 0 Å². The maximum absolute atomic E-state index is 12.2. The molecule has 0 saturated carbocycles. The summed E-state index contributed by atoms with van der Waals surface area (Å²) in [5.41, 5.74) is 2.87. The zero-order valence-corrected chi connectivity index (χ0v) is 17.5. The zero-order valence-electron chi connectivity index (χ0n) is 17.5. The number of nitrogens with zero attached hydrogens (tertiary/aromatic N) is 1. The van der Waals surface area contributed by atoms with Crippen molar-refractivity contribution in [2.45, 2.75) is 13.3 Å². The maximum atomic E-state index is 12.2. The number of para-hydroxylation sites is 1. The molecule has 0 saturated heterocycles. The van der Waals surface area contributed by atoms with Crippen LogP contribution in [0.3, 0.4) is 0 Å². The highest BCUT2D eigenvalue weighted by atomic mass is 16.5. The molecule has 0 heterocycles. The van der Waals surface area contributed by atoms with E-state index in [1.54, 1.807) is 37.5 Å². The molecule has 0 aliphatic rings. The molecule has 3 aromatic carbocycles. The Labute approximate surface area is 182 Å². The van der Waals surface area contributed by atoms with Gasteiger partial charge in [-0.3, -0.25) is 4.79 Å². The SMILES string of the molecule is CCOc1ccc(CC(=O)Oc2ccc(/C=C(/C#N)c3ccccc3OC)cc2)cc1. The van der Waals surface area contributed by atoms with Crippen LogP contribution in [-0.4, -0.2) is 19.7 Å².